The highest BCUT2D eigenvalue weighted by Gasteiger charge is 2.23. The van der Waals surface area contributed by atoms with Crippen LogP contribution < -0.4 is 4.74 Å². The molecule has 1 aliphatic rings. The lowest BCUT2D eigenvalue weighted by Gasteiger charge is -2.29. The van der Waals surface area contributed by atoms with Crippen LogP contribution in [0.5, 0.6) is 5.75 Å². The van der Waals surface area contributed by atoms with E-state index in [0.717, 1.165) is 42.6 Å². The summed E-state index contributed by atoms with van der Waals surface area (Å²) in [6.45, 7) is 3.80. The van der Waals surface area contributed by atoms with E-state index in [4.69, 9.17) is 9.47 Å². The van der Waals surface area contributed by atoms with Crippen molar-refractivity contribution in [3.05, 3.63) is 29.3 Å². The molecular formula is C16H24O3. The summed E-state index contributed by atoms with van der Waals surface area (Å²) in [7, 11) is 1.77. The van der Waals surface area contributed by atoms with Gasteiger partial charge < -0.3 is 14.6 Å². The largest absolute Gasteiger partial charge is 0.490 e. The highest BCUT2D eigenvalue weighted by Crippen LogP contribution is 2.28. The summed E-state index contributed by atoms with van der Waals surface area (Å²) in [5, 5.41) is 9.57. The van der Waals surface area contributed by atoms with E-state index in [2.05, 4.69) is 0 Å². The zero-order valence-electron chi connectivity index (χ0n) is 12.1. The second-order valence-corrected chi connectivity index (χ2v) is 5.47. The Morgan fingerprint density at radius 1 is 1.26 bits per heavy atom. The lowest BCUT2D eigenvalue weighted by Crippen LogP contribution is -2.29. The maximum Gasteiger partial charge on any atom is 0.122 e. The molecule has 0 aliphatic heterocycles. The summed E-state index contributed by atoms with van der Waals surface area (Å²) in [5.74, 6) is 0.922. The van der Waals surface area contributed by atoms with Gasteiger partial charge >= 0.3 is 0 Å². The van der Waals surface area contributed by atoms with Crippen LogP contribution in [0.1, 0.15) is 49.8 Å². The van der Waals surface area contributed by atoms with Gasteiger partial charge in [0.2, 0.25) is 0 Å². The molecule has 3 nitrogen and oxygen atoms in total. The van der Waals surface area contributed by atoms with E-state index in [0.29, 0.717) is 6.10 Å². The molecule has 0 aromatic heterocycles. The van der Waals surface area contributed by atoms with Gasteiger partial charge in [-0.1, -0.05) is 6.07 Å². The molecule has 19 heavy (non-hydrogen) atoms. The van der Waals surface area contributed by atoms with Gasteiger partial charge in [0.25, 0.3) is 0 Å². The summed E-state index contributed by atoms with van der Waals surface area (Å²) in [4.78, 5) is 0. The normalized spacial score (nSPS) is 25.1. The Morgan fingerprint density at radius 2 is 2.00 bits per heavy atom. The molecule has 0 saturated heterocycles. The van der Waals surface area contributed by atoms with Crippen LogP contribution in [0.25, 0.3) is 0 Å². The number of rotatable bonds is 4. The van der Waals surface area contributed by atoms with E-state index in [1.54, 1.807) is 14.0 Å². The minimum absolute atomic E-state index is 0.245. The molecule has 106 valence electrons. The molecule has 0 amide bonds. The maximum absolute atomic E-state index is 9.57. The number of aryl methyl sites for hydroxylation is 1. The SMILES string of the molecule is COC1CCCC(Oc2ccc(C(C)O)cc2C)C1. The molecule has 0 bridgehead atoms. The van der Waals surface area contributed by atoms with Gasteiger partial charge in [-0.25, -0.2) is 0 Å². The van der Waals surface area contributed by atoms with Crippen molar-refractivity contribution in [2.24, 2.45) is 0 Å². The zero-order valence-corrected chi connectivity index (χ0v) is 12.1. The number of hydrogen-bond donors (Lipinski definition) is 1. The first-order chi connectivity index (χ1) is 9.10. The third kappa shape index (κ3) is 3.71. The minimum Gasteiger partial charge on any atom is -0.490 e. The average molecular weight is 264 g/mol. The van der Waals surface area contributed by atoms with Crippen molar-refractivity contribution in [3.63, 3.8) is 0 Å². The molecule has 1 saturated carbocycles. The molecule has 0 spiro atoms. The van der Waals surface area contributed by atoms with E-state index in [9.17, 15) is 5.11 Å². The molecule has 2 rings (SSSR count). The Labute approximate surface area is 115 Å². The van der Waals surface area contributed by atoms with Gasteiger partial charge in [0.1, 0.15) is 11.9 Å². The molecule has 1 aromatic carbocycles. The summed E-state index contributed by atoms with van der Waals surface area (Å²) in [6.07, 6.45) is 4.50. The second kappa shape index (κ2) is 6.40. The van der Waals surface area contributed by atoms with Crippen molar-refractivity contribution in [2.45, 2.75) is 57.8 Å². The van der Waals surface area contributed by atoms with Gasteiger partial charge in [0, 0.05) is 13.5 Å². The molecule has 1 aromatic rings. The van der Waals surface area contributed by atoms with Gasteiger partial charge in [-0.15, -0.1) is 0 Å². The molecule has 0 radical (unpaired) electrons. The van der Waals surface area contributed by atoms with Crippen LogP contribution in [0, 0.1) is 6.92 Å². The number of hydrogen-bond acceptors (Lipinski definition) is 3. The van der Waals surface area contributed by atoms with Crippen molar-refractivity contribution >= 4 is 0 Å². The third-order valence-electron chi connectivity index (χ3n) is 3.89. The van der Waals surface area contributed by atoms with E-state index >= 15 is 0 Å². The van der Waals surface area contributed by atoms with E-state index in [1.807, 2.05) is 25.1 Å². The van der Waals surface area contributed by atoms with E-state index < -0.39 is 6.10 Å². The minimum atomic E-state index is -0.430. The van der Waals surface area contributed by atoms with Crippen LogP contribution in [-0.2, 0) is 4.74 Å². The van der Waals surface area contributed by atoms with Crippen LogP contribution in [0.4, 0.5) is 0 Å². The fourth-order valence-electron chi connectivity index (χ4n) is 2.67. The second-order valence-electron chi connectivity index (χ2n) is 5.47. The summed E-state index contributed by atoms with van der Waals surface area (Å²) < 4.78 is 11.5. The standard InChI is InChI=1S/C16H24O3/c1-11-9-13(12(2)17)7-8-16(11)19-15-6-4-5-14(10-15)18-3/h7-9,12,14-15,17H,4-6,10H2,1-3H3. The monoisotopic (exact) mass is 264 g/mol. The molecule has 3 unspecified atom stereocenters. The van der Waals surface area contributed by atoms with E-state index in [-0.39, 0.29) is 6.10 Å². The van der Waals surface area contributed by atoms with Gasteiger partial charge in [0.15, 0.2) is 0 Å². The molecule has 1 fully saturated rings. The predicted molar refractivity (Wildman–Crippen MR) is 75.5 cm³/mol. The third-order valence-corrected chi connectivity index (χ3v) is 3.89. The molecule has 0 heterocycles. The highest BCUT2D eigenvalue weighted by atomic mass is 16.5. The molecule has 3 heteroatoms. The highest BCUT2D eigenvalue weighted by molar-refractivity contribution is 5.37. The lowest BCUT2D eigenvalue weighted by molar-refractivity contribution is 0.0207. The zero-order chi connectivity index (χ0) is 13.8. The van der Waals surface area contributed by atoms with Crippen LogP contribution >= 0.6 is 0 Å². The fourth-order valence-corrected chi connectivity index (χ4v) is 2.67. The first-order valence-electron chi connectivity index (χ1n) is 7.08. The summed E-state index contributed by atoms with van der Waals surface area (Å²) in [5.41, 5.74) is 2.02. The first kappa shape index (κ1) is 14.4. The molecule has 1 aliphatic carbocycles. The summed E-state index contributed by atoms with van der Waals surface area (Å²) >= 11 is 0. The molecule has 3 atom stereocenters. The first-order valence-corrected chi connectivity index (χ1v) is 7.08. The number of methoxy groups -OCH3 is 1. The predicted octanol–water partition coefficient (Wildman–Crippen LogP) is 3.38. The topological polar surface area (TPSA) is 38.7 Å². The van der Waals surface area contributed by atoms with Gasteiger partial charge in [-0.05, 0) is 56.4 Å². The van der Waals surface area contributed by atoms with Crippen molar-refractivity contribution in [1.82, 2.24) is 0 Å². The average Bonchev–Trinajstić information content (AvgIpc) is 2.41. The van der Waals surface area contributed by atoms with Crippen LogP contribution in [0.3, 0.4) is 0 Å². The van der Waals surface area contributed by atoms with Crippen LogP contribution in [0.2, 0.25) is 0 Å². The Bertz CT molecular complexity index is 414. The van der Waals surface area contributed by atoms with Crippen molar-refractivity contribution in [1.29, 1.82) is 0 Å². The smallest absolute Gasteiger partial charge is 0.122 e. The van der Waals surface area contributed by atoms with E-state index in [1.165, 1.54) is 0 Å². The van der Waals surface area contributed by atoms with Crippen LogP contribution in [0.15, 0.2) is 18.2 Å². The van der Waals surface area contributed by atoms with Crippen molar-refractivity contribution in [2.75, 3.05) is 7.11 Å². The summed E-state index contributed by atoms with van der Waals surface area (Å²) in [6, 6.07) is 5.90. The number of aliphatic hydroxyl groups is 1. The maximum atomic E-state index is 9.57. The quantitative estimate of drug-likeness (QED) is 0.906. The number of aliphatic hydroxyl groups excluding tert-OH is 1. The van der Waals surface area contributed by atoms with Crippen molar-refractivity contribution < 1.29 is 14.6 Å². The number of ether oxygens (including phenoxy) is 2. The van der Waals surface area contributed by atoms with Gasteiger partial charge in [-0.2, -0.15) is 0 Å². The van der Waals surface area contributed by atoms with Crippen LogP contribution in [-0.4, -0.2) is 24.4 Å². The van der Waals surface area contributed by atoms with Crippen molar-refractivity contribution in [3.8, 4) is 5.75 Å². The Balaban J connectivity index is 2.02. The lowest BCUT2D eigenvalue weighted by atomic mass is 9.94. The van der Waals surface area contributed by atoms with Gasteiger partial charge in [-0.3, -0.25) is 0 Å². The fraction of sp³-hybridized carbons (Fsp3) is 0.625. The Hall–Kier alpha value is -1.06. The van der Waals surface area contributed by atoms with Gasteiger partial charge in [0.05, 0.1) is 12.2 Å². The number of benzene rings is 1. The molecular weight excluding hydrogens is 240 g/mol. The molecule has 1 N–H and O–H groups in total. The Kier molecular flexibility index (Phi) is 4.83. The Morgan fingerprint density at radius 3 is 2.63 bits per heavy atom.